The summed E-state index contributed by atoms with van der Waals surface area (Å²) < 4.78 is 24.6. The number of hydrogen-bond donors (Lipinski definition) is 1. The number of methoxy groups -OCH3 is 1. The first-order valence-electron chi connectivity index (χ1n) is 16.8. The largest absolute Gasteiger partial charge is 0.465 e. The number of pyridine rings is 1. The molecule has 0 aromatic carbocycles. The number of ether oxygens (including phenoxy) is 4. The Bertz CT molecular complexity index is 1180. The summed E-state index contributed by atoms with van der Waals surface area (Å²) in [5.41, 5.74) is -1.95. The van der Waals surface area contributed by atoms with Gasteiger partial charge in [-0.25, -0.2) is 0 Å². The van der Waals surface area contributed by atoms with Gasteiger partial charge in [0.1, 0.15) is 11.5 Å². The van der Waals surface area contributed by atoms with Gasteiger partial charge in [0.25, 0.3) is 5.91 Å². The molecule has 47 heavy (non-hydrogen) atoms. The van der Waals surface area contributed by atoms with Crippen LogP contribution in [-0.4, -0.2) is 140 Å². The summed E-state index contributed by atoms with van der Waals surface area (Å²) in [7, 11) is 7.42. The summed E-state index contributed by atoms with van der Waals surface area (Å²) in [5, 5.41) is 11.3. The van der Waals surface area contributed by atoms with Gasteiger partial charge >= 0.3 is 5.97 Å². The molecule has 12 nitrogen and oxygen atoms in total. The molecule has 0 aliphatic carbocycles. The number of carbonyl (C=O) groups is 3. The zero-order valence-electron chi connectivity index (χ0n) is 30.1. The highest BCUT2D eigenvalue weighted by Crippen LogP contribution is 2.38. The fraction of sp³-hybridized carbons (Fsp3) is 0.771. The lowest BCUT2D eigenvalue weighted by molar-refractivity contribution is -0.295. The molecule has 0 spiro atoms. The third-order valence-electron chi connectivity index (χ3n) is 9.77. The Labute approximate surface area is 281 Å². The van der Waals surface area contributed by atoms with Crippen molar-refractivity contribution in [3.8, 4) is 0 Å². The summed E-state index contributed by atoms with van der Waals surface area (Å²) in [4.78, 5) is 51.0. The summed E-state index contributed by atoms with van der Waals surface area (Å²) in [6.07, 6.45) is 1.71. The Morgan fingerprint density at radius 1 is 1.09 bits per heavy atom. The maximum Gasteiger partial charge on any atom is 0.319 e. The molecule has 1 aromatic rings. The van der Waals surface area contributed by atoms with Gasteiger partial charge in [-0.05, 0) is 86.2 Å². The van der Waals surface area contributed by atoms with Crippen molar-refractivity contribution >= 4 is 17.7 Å². The summed E-state index contributed by atoms with van der Waals surface area (Å²) >= 11 is 0. The summed E-state index contributed by atoms with van der Waals surface area (Å²) in [6.45, 7) is 13.1. The second-order valence-electron chi connectivity index (χ2n) is 14.5. The molecule has 1 N–H and O–H groups in total. The Balaban J connectivity index is 1.95. The van der Waals surface area contributed by atoms with Crippen molar-refractivity contribution in [3.05, 3.63) is 30.1 Å². The van der Waals surface area contributed by atoms with Gasteiger partial charge in [-0.15, -0.1) is 0 Å². The van der Waals surface area contributed by atoms with Crippen LogP contribution in [0.15, 0.2) is 24.5 Å². The minimum atomic E-state index is -1.49. The van der Waals surface area contributed by atoms with Crippen LogP contribution in [-0.2, 0) is 28.5 Å². The zero-order chi connectivity index (χ0) is 35.1. The van der Waals surface area contributed by atoms with Crippen molar-refractivity contribution in [1.82, 2.24) is 19.7 Å². The molecule has 3 rings (SSSR count). The van der Waals surface area contributed by atoms with Gasteiger partial charge in [-0.2, -0.15) is 0 Å². The third kappa shape index (κ3) is 9.79. The Hall–Kier alpha value is -2.48. The maximum atomic E-state index is 14.2. The average Bonchev–Trinajstić information content (AvgIpc) is 3.02. The lowest BCUT2D eigenvalue weighted by Gasteiger charge is -2.47. The van der Waals surface area contributed by atoms with Gasteiger partial charge in [0.05, 0.1) is 24.4 Å². The number of likely N-dealkylation sites (N-methyl/N-ethyl adjacent to an activating group) is 2. The first-order chi connectivity index (χ1) is 22.0. The van der Waals surface area contributed by atoms with Crippen LogP contribution in [0.25, 0.3) is 0 Å². The molecule has 12 heteroatoms. The number of Topliss-reactive ketones (excluding diaryl/α,β-unsaturated/α-hetero) is 1. The fourth-order valence-electron chi connectivity index (χ4n) is 6.98. The number of rotatable bonds is 5. The molecule has 0 radical (unpaired) electrons. The van der Waals surface area contributed by atoms with Crippen molar-refractivity contribution in [2.45, 2.75) is 97.0 Å². The van der Waals surface area contributed by atoms with Crippen LogP contribution in [0.1, 0.15) is 71.2 Å². The highest BCUT2D eigenvalue weighted by molar-refractivity contribution is 6.04. The molecule has 2 saturated heterocycles. The molecule has 0 bridgehead atoms. The van der Waals surface area contributed by atoms with E-state index in [-0.39, 0.29) is 36.4 Å². The van der Waals surface area contributed by atoms with E-state index >= 15 is 0 Å². The number of aliphatic hydroxyl groups excluding tert-OH is 1. The summed E-state index contributed by atoms with van der Waals surface area (Å²) in [5.74, 6) is -1.86. The molecule has 266 valence electrons. The van der Waals surface area contributed by atoms with Crippen LogP contribution in [0.3, 0.4) is 0 Å². The van der Waals surface area contributed by atoms with E-state index in [1.165, 1.54) is 0 Å². The van der Waals surface area contributed by atoms with Gasteiger partial charge in [-0.1, -0.05) is 13.8 Å². The van der Waals surface area contributed by atoms with E-state index in [9.17, 15) is 19.5 Å². The molecule has 2 aliphatic heterocycles. The number of esters is 1. The molecule has 8 atom stereocenters. The van der Waals surface area contributed by atoms with Crippen LogP contribution in [0.4, 0.5) is 0 Å². The third-order valence-corrected chi connectivity index (χ3v) is 9.77. The SMILES string of the molecule is CO[C@]1(C)C[C@@H](C)CN(C)CCN(C(=O)c2ccncc2)CCCOC(=O)C(C)(C)C(=O)[C@H](C)[C@H]1O[C@@H]1O[C@H](C)C[C@H](N(C)C)[C@H]1O. The number of ketones is 1. The molecule has 2 fully saturated rings. The lowest BCUT2D eigenvalue weighted by Crippen LogP contribution is -2.59. The van der Waals surface area contributed by atoms with Gasteiger partial charge in [0, 0.05) is 63.2 Å². The number of carbonyl (C=O) groups excluding carboxylic acids is 3. The van der Waals surface area contributed by atoms with Crippen molar-refractivity contribution in [2.75, 3.05) is 61.0 Å². The van der Waals surface area contributed by atoms with Crippen LogP contribution < -0.4 is 0 Å². The van der Waals surface area contributed by atoms with Gasteiger partial charge in [0.2, 0.25) is 0 Å². The van der Waals surface area contributed by atoms with Crippen LogP contribution in [0.5, 0.6) is 0 Å². The van der Waals surface area contributed by atoms with Gasteiger partial charge in [0.15, 0.2) is 12.1 Å². The first-order valence-corrected chi connectivity index (χ1v) is 16.8. The van der Waals surface area contributed by atoms with E-state index in [4.69, 9.17) is 18.9 Å². The monoisotopic (exact) mass is 662 g/mol. The van der Waals surface area contributed by atoms with Crippen molar-refractivity contribution in [3.63, 3.8) is 0 Å². The molecular weight excluding hydrogens is 604 g/mol. The van der Waals surface area contributed by atoms with Gasteiger partial charge in [-0.3, -0.25) is 19.4 Å². The Morgan fingerprint density at radius 3 is 2.36 bits per heavy atom. The fourth-order valence-corrected chi connectivity index (χ4v) is 6.98. The van der Waals surface area contributed by atoms with E-state index < -0.39 is 41.4 Å². The number of cyclic esters (lactones) is 1. The van der Waals surface area contributed by atoms with Crippen molar-refractivity contribution in [2.24, 2.45) is 17.3 Å². The number of nitrogens with zero attached hydrogens (tertiary/aromatic N) is 4. The Morgan fingerprint density at radius 2 is 1.74 bits per heavy atom. The lowest BCUT2D eigenvalue weighted by atomic mass is 9.74. The highest BCUT2D eigenvalue weighted by Gasteiger charge is 2.51. The molecule has 1 amide bonds. The molecular formula is C35H58N4O8. The quantitative estimate of drug-likeness (QED) is 0.369. The van der Waals surface area contributed by atoms with Gasteiger partial charge < -0.3 is 38.8 Å². The topological polar surface area (TPSA) is 131 Å². The predicted octanol–water partition coefficient (Wildman–Crippen LogP) is 2.88. The van der Waals surface area contributed by atoms with Crippen LogP contribution >= 0.6 is 0 Å². The van der Waals surface area contributed by atoms with E-state index in [0.29, 0.717) is 51.0 Å². The number of hydrogen-bond acceptors (Lipinski definition) is 11. The summed E-state index contributed by atoms with van der Waals surface area (Å²) in [6, 6.07) is 3.17. The van der Waals surface area contributed by atoms with E-state index in [1.807, 2.05) is 39.9 Å². The zero-order valence-corrected chi connectivity index (χ0v) is 30.1. The molecule has 0 saturated carbocycles. The molecule has 3 heterocycles. The van der Waals surface area contributed by atoms with E-state index in [0.717, 1.165) is 0 Å². The molecule has 1 aromatic heterocycles. The minimum Gasteiger partial charge on any atom is -0.465 e. The average molecular weight is 663 g/mol. The number of aromatic nitrogens is 1. The first kappa shape index (κ1) is 39.0. The number of amides is 1. The van der Waals surface area contributed by atoms with Crippen LogP contribution in [0, 0.1) is 17.3 Å². The smallest absolute Gasteiger partial charge is 0.319 e. The van der Waals surface area contributed by atoms with Crippen molar-refractivity contribution < 1.29 is 38.4 Å². The normalized spacial score (nSPS) is 34.1. The minimum absolute atomic E-state index is 0.0541. The Kier molecular flexibility index (Phi) is 13.9. The second kappa shape index (κ2) is 16.8. The maximum absolute atomic E-state index is 14.2. The van der Waals surface area contributed by atoms with E-state index in [2.05, 4.69) is 16.8 Å². The predicted molar refractivity (Wildman–Crippen MR) is 178 cm³/mol. The number of aliphatic hydroxyl groups is 1. The molecule has 0 unspecified atom stereocenters. The molecule has 2 aliphatic rings. The second-order valence-corrected chi connectivity index (χ2v) is 14.5. The van der Waals surface area contributed by atoms with Crippen molar-refractivity contribution in [1.29, 1.82) is 0 Å². The van der Waals surface area contributed by atoms with E-state index in [1.54, 1.807) is 57.3 Å². The highest BCUT2D eigenvalue weighted by atomic mass is 16.7. The standard InChI is InChI=1S/C35H58N4O8/c1-23-21-35(6,44-10)30(47-32-28(40)27(37(7)8)20-24(2)46-32)25(3)29(41)34(4,5)33(43)45-19-11-16-39(18-17-38(9)22-23)31(42)26-12-14-36-15-13-26/h12-15,23-25,27-28,30,32,40H,11,16-22H2,1-10H3/t23-,24-,25+,27+,28-,30-,32+,35-/m1/s1. The van der Waals surface area contributed by atoms with Crippen LogP contribution in [0.2, 0.25) is 0 Å².